The van der Waals surface area contributed by atoms with E-state index in [0.29, 0.717) is 0 Å². The number of rotatable bonds is 5. The first-order valence-corrected chi connectivity index (χ1v) is 7.47. The molecule has 1 aromatic carbocycles. The third-order valence-corrected chi connectivity index (χ3v) is 3.77. The maximum absolute atomic E-state index is 12.0. The Hall–Kier alpha value is -2.08. The van der Waals surface area contributed by atoms with Crippen molar-refractivity contribution in [3.63, 3.8) is 0 Å². The molecule has 2 atom stereocenters. The van der Waals surface area contributed by atoms with Crippen molar-refractivity contribution in [3.05, 3.63) is 29.3 Å². The number of nitrogens with one attached hydrogen (secondary N) is 1. The fourth-order valence-corrected chi connectivity index (χ4v) is 2.72. The number of hydrogen-bond acceptors (Lipinski definition) is 5. The maximum atomic E-state index is 12.0. The van der Waals surface area contributed by atoms with Crippen LogP contribution in [0.25, 0.3) is 0 Å². The molecule has 1 aromatic rings. The Kier molecular flexibility index (Phi) is 5.38. The van der Waals surface area contributed by atoms with Crippen LogP contribution in [0.1, 0.15) is 43.4 Å². The SMILES string of the molecule is CCOC(=O)C[C@@H](O)C(=O)N[C@@H]1CCCc2c(O)cccc21. The van der Waals surface area contributed by atoms with Crippen molar-refractivity contribution < 1.29 is 24.5 Å². The van der Waals surface area contributed by atoms with Gasteiger partial charge in [-0.25, -0.2) is 0 Å². The molecular formula is C16H21NO5. The smallest absolute Gasteiger partial charge is 0.308 e. The molecule has 0 aromatic heterocycles. The number of amides is 1. The summed E-state index contributed by atoms with van der Waals surface area (Å²) in [6.45, 7) is 1.87. The molecule has 0 heterocycles. The minimum absolute atomic E-state index is 0.211. The zero-order chi connectivity index (χ0) is 16.1. The second-order valence-electron chi connectivity index (χ2n) is 5.32. The van der Waals surface area contributed by atoms with Gasteiger partial charge in [-0.15, -0.1) is 0 Å². The van der Waals surface area contributed by atoms with E-state index in [1.807, 2.05) is 6.07 Å². The standard InChI is InChI=1S/C16H21NO5/c1-2-22-15(20)9-14(19)16(21)17-12-7-3-6-11-10(12)5-4-8-13(11)18/h4-5,8,12,14,18-19H,2-3,6-7,9H2,1H3,(H,17,21)/t12-,14-/m1/s1. The fraction of sp³-hybridized carbons (Fsp3) is 0.500. The number of aliphatic hydroxyl groups is 1. The summed E-state index contributed by atoms with van der Waals surface area (Å²) in [4.78, 5) is 23.3. The third-order valence-electron chi connectivity index (χ3n) is 3.77. The highest BCUT2D eigenvalue weighted by Crippen LogP contribution is 2.34. The topological polar surface area (TPSA) is 95.9 Å². The Morgan fingerprint density at radius 3 is 2.95 bits per heavy atom. The van der Waals surface area contributed by atoms with Gasteiger partial charge < -0.3 is 20.3 Å². The van der Waals surface area contributed by atoms with Crippen LogP contribution in [0.3, 0.4) is 0 Å². The van der Waals surface area contributed by atoms with Gasteiger partial charge in [0.05, 0.1) is 19.1 Å². The minimum Gasteiger partial charge on any atom is -0.508 e. The number of carbonyl (C=O) groups is 2. The Morgan fingerprint density at radius 2 is 2.23 bits per heavy atom. The molecule has 3 N–H and O–H groups in total. The summed E-state index contributed by atoms with van der Waals surface area (Å²) >= 11 is 0. The first-order chi connectivity index (χ1) is 10.5. The lowest BCUT2D eigenvalue weighted by Gasteiger charge is -2.27. The lowest BCUT2D eigenvalue weighted by atomic mass is 9.87. The Balaban J connectivity index is 2.01. The summed E-state index contributed by atoms with van der Waals surface area (Å²) in [5, 5.41) is 22.4. The number of aromatic hydroxyl groups is 1. The van der Waals surface area contributed by atoms with Gasteiger partial charge in [0.2, 0.25) is 5.91 Å². The van der Waals surface area contributed by atoms with Gasteiger partial charge in [-0.05, 0) is 43.4 Å². The molecule has 22 heavy (non-hydrogen) atoms. The summed E-state index contributed by atoms with van der Waals surface area (Å²) in [7, 11) is 0. The van der Waals surface area contributed by atoms with Crippen molar-refractivity contribution in [1.29, 1.82) is 0 Å². The van der Waals surface area contributed by atoms with Crippen LogP contribution in [0, 0.1) is 0 Å². The molecule has 0 fully saturated rings. The number of fused-ring (bicyclic) bond motifs is 1. The van der Waals surface area contributed by atoms with Crippen molar-refractivity contribution >= 4 is 11.9 Å². The van der Waals surface area contributed by atoms with E-state index in [4.69, 9.17) is 4.74 Å². The van der Waals surface area contributed by atoms with Crippen LogP contribution in [0.2, 0.25) is 0 Å². The normalized spacial score (nSPS) is 18.2. The van der Waals surface area contributed by atoms with Crippen molar-refractivity contribution in [2.75, 3.05) is 6.61 Å². The first kappa shape index (κ1) is 16.3. The number of carbonyl (C=O) groups excluding carboxylic acids is 2. The molecule has 0 aliphatic heterocycles. The highest BCUT2D eigenvalue weighted by atomic mass is 16.5. The third kappa shape index (κ3) is 3.76. The van der Waals surface area contributed by atoms with Crippen molar-refractivity contribution in [3.8, 4) is 5.75 Å². The van der Waals surface area contributed by atoms with E-state index in [0.717, 1.165) is 30.4 Å². The van der Waals surface area contributed by atoms with E-state index in [1.54, 1.807) is 19.1 Å². The summed E-state index contributed by atoms with van der Waals surface area (Å²) in [6.07, 6.45) is 0.540. The van der Waals surface area contributed by atoms with Gasteiger partial charge in [-0.2, -0.15) is 0 Å². The molecule has 6 nitrogen and oxygen atoms in total. The molecular weight excluding hydrogens is 286 g/mol. The number of ether oxygens (including phenoxy) is 1. The van der Waals surface area contributed by atoms with Crippen molar-refractivity contribution in [2.24, 2.45) is 0 Å². The van der Waals surface area contributed by atoms with Gasteiger partial charge in [-0.3, -0.25) is 9.59 Å². The number of benzene rings is 1. The van der Waals surface area contributed by atoms with E-state index < -0.39 is 18.0 Å². The summed E-state index contributed by atoms with van der Waals surface area (Å²) in [5.74, 6) is -0.982. The molecule has 1 aliphatic rings. The van der Waals surface area contributed by atoms with Crippen LogP contribution in [0.5, 0.6) is 5.75 Å². The van der Waals surface area contributed by atoms with Crippen LogP contribution in [0.15, 0.2) is 18.2 Å². The molecule has 2 rings (SSSR count). The predicted molar refractivity (Wildman–Crippen MR) is 79.2 cm³/mol. The monoisotopic (exact) mass is 307 g/mol. The number of phenols is 1. The van der Waals surface area contributed by atoms with E-state index in [2.05, 4.69) is 5.32 Å². The lowest BCUT2D eigenvalue weighted by molar-refractivity contribution is -0.148. The van der Waals surface area contributed by atoms with Crippen molar-refractivity contribution in [2.45, 2.75) is 44.8 Å². The second kappa shape index (κ2) is 7.26. The molecule has 1 amide bonds. The molecule has 0 saturated heterocycles. The van der Waals surface area contributed by atoms with E-state index in [-0.39, 0.29) is 24.8 Å². The van der Waals surface area contributed by atoms with Crippen LogP contribution in [-0.2, 0) is 20.7 Å². The van der Waals surface area contributed by atoms with Gasteiger partial charge in [0.15, 0.2) is 0 Å². The molecule has 0 bridgehead atoms. The summed E-state index contributed by atoms with van der Waals surface area (Å²) < 4.78 is 4.71. The average molecular weight is 307 g/mol. The van der Waals surface area contributed by atoms with E-state index in [1.165, 1.54) is 0 Å². The predicted octanol–water partition coefficient (Wildman–Crippen LogP) is 1.20. The largest absolute Gasteiger partial charge is 0.508 e. The van der Waals surface area contributed by atoms with Gasteiger partial charge in [0, 0.05) is 0 Å². The first-order valence-electron chi connectivity index (χ1n) is 7.47. The second-order valence-corrected chi connectivity index (χ2v) is 5.32. The number of esters is 1. The van der Waals surface area contributed by atoms with Gasteiger partial charge in [0.1, 0.15) is 11.9 Å². The van der Waals surface area contributed by atoms with Crippen molar-refractivity contribution in [1.82, 2.24) is 5.32 Å². The number of aliphatic hydroxyl groups excluding tert-OH is 1. The molecule has 0 unspecified atom stereocenters. The molecule has 6 heteroatoms. The highest BCUT2D eigenvalue weighted by Gasteiger charge is 2.27. The summed E-state index contributed by atoms with van der Waals surface area (Å²) in [6, 6.07) is 4.95. The average Bonchev–Trinajstić information content (AvgIpc) is 2.48. The zero-order valence-corrected chi connectivity index (χ0v) is 12.5. The molecule has 120 valence electrons. The molecule has 1 aliphatic carbocycles. The maximum Gasteiger partial charge on any atom is 0.308 e. The van der Waals surface area contributed by atoms with Crippen LogP contribution in [-0.4, -0.2) is 34.8 Å². The minimum atomic E-state index is -1.43. The van der Waals surface area contributed by atoms with Gasteiger partial charge in [-0.1, -0.05) is 12.1 Å². The Labute approximate surface area is 129 Å². The van der Waals surface area contributed by atoms with E-state index >= 15 is 0 Å². The zero-order valence-electron chi connectivity index (χ0n) is 12.5. The summed E-state index contributed by atoms with van der Waals surface area (Å²) in [5.41, 5.74) is 1.70. The van der Waals surface area contributed by atoms with Crippen LogP contribution < -0.4 is 5.32 Å². The number of hydrogen-bond donors (Lipinski definition) is 3. The fourth-order valence-electron chi connectivity index (χ4n) is 2.72. The van der Waals surface area contributed by atoms with Crippen LogP contribution in [0.4, 0.5) is 0 Å². The number of phenolic OH excluding ortho intramolecular Hbond substituents is 1. The Morgan fingerprint density at radius 1 is 1.45 bits per heavy atom. The van der Waals surface area contributed by atoms with Gasteiger partial charge in [0.25, 0.3) is 0 Å². The lowest BCUT2D eigenvalue weighted by Crippen LogP contribution is -2.39. The van der Waals surface area contributed by atoms with Crippen LogP contribution >= 0.6 is 0 Å². The quantitative estimate of drug-likeness (QED) is 0.710. The molecule has 0 spiro atoms. The van der Waals surface area contributed by atoms with E-state index in [9.17, 15) is 19.8 Å². The Bertz CT molecular complexity index is 557. The molecule has 0 radical (unpaired) electrons. The van der Waals surface area contributed by atoms with Gasteiger partial charge >= 0.3 is 5.97 Å². The highest BCUT2D eigenvalue weighted by molar-refractivity contribution is 5.85. The molecule has 0 saturated carbocycles.